The summed E-state index contributed by atoms with van der Waals surface area (Å²) in [6.07, 6.45) is 1.16. The molecule has 0 spiro atoms. The maximum absolute atomic E-state index is 11.8. The van der Waals surface area contributed by atoms with Crippen LogP contribution in [0.4, 0.5) is 5.69 Å². The molecule has 2 unspecified atom stereocenters. The van der Waals surface area contributed by atoms with Crippen molar-refractivity contribution >= 4 is 23.3 Å². The van der Waals surface area contributed by atoms with Gasteiger partial charge in [0.25, 0.3) is 0 Å². The van der Waals surface area contributed by atoms with Gasteiger partial charge in [0, 0.05) is 30.1 Å². The van der Waals surface area contributed by atoms with E-state index in [2.05, 4.69) is 10.6 Å². The van der Waals surface area contributed by atoms with Crippen LogP contribution in [0.2, 0.25) is 0 Å². The predicted octanol–water partition coefficient (Wildman–Crippen LogP) is 1.99. The van der Waals surface area contributed by atoms with Crippen LogP contribution in [0.15, 0.2) is 24.3 Å². The summed E-state index contributed by atoms with van der Waals surface area (Å²) in [5, 5.41) is 5.49. The van der Waals surface area contributed by atoms with Gasteiger partial charge in [-0.25, -0.2) is 0 Å². The van der Waals surface area contributed by atoms with Crippen molar-refractivity contribution in [2.45, 2.75) is 26.7 Å². The summed E-state index contributed by atoms with van der Waals surface area (Å²) in [5.74, 6) is 0.402. The summed E-state index contributed by atoms with van der Waals surface area (Å²) in [5.41, 5.74) is 1.15. The lowest BCUT2D eigenvalue weighted by Crippen LogP contribution is -2.29. The summed E-state index contributed by atoms with van der Waals surface area (Å²) in [4.78, 5) is 34.6. The second-order valence-electron chi connectivity index (χ2n) is 5.55. The molecule has 2 atom stereocenters. The van der Waals surface area contributed by atoms with Crippen LogP contribution in [0.1, 0.15) is 37.0 Å². The second-order valence-corrected chi connectivity index (χ2v) is 5.55. The molecule has 1 aromatic carbocycles. The number of Topliss-reactive ketones (excluding diaryl/α,β-unsaturated/α-hetero) is 1. The van der Waals surface area contributed by atoms with Gasteiger partial charge >= 0.3 is 0 Å². The number of carbonyl (C=O) groups is 3. The first kappa shape index (κ1) is 15.2. The molecule has 5 nitrogen and oxygen atoms in total. The van der Waals surface area contributed by atoms with Gasteiger partial charge in [0.1, 0.15) is 0 Å². The van der Waals surface area contributed by atoms with Crippen molar-refractivity contribution in [3.05, 3.63) is 29.8 Å². The number of nitrogens with one attached hydrogen (secondary N) is 2. The van der Waals surface area contributed by atoms with E-state index in [1.165, 1.54) is 6.92 Å². The molecule has 112 valence electrons. The highest BCUT2D eigenvalue weighted by Gasteiger charge is 2.38. The van der Waals surface area contributed by atoms with E-state index in [1.807, 2.05) is 6.92 Å². The molecule has 2 amide bonds. The lowest BCUT2D eigenvalue weighted by molar-refractivity contribution is -0.122. The molecule has 0 aromatic heterocycles. The van der Waals surface area contributed by atoms with Crippen LogP contribution in [0.5, 0.6) is 0 Å². The van der Waals surface area contributed by atoms with Crippen molar-refractivity contribution in [2.24, 2.45) is 11.8 Å². The van der Waals surface area contributed by atoms with E-state index in [1.54, 1.807) is 24.3 Å². The highest BCUT2D eigenvalue weighted by Crippen LogP contribution is 2.37. The Labute approximate surface area is 124 Å². The summed E-state index contributed by atoms with van der Waals surface area (Å²) in [6.45, 7) is 3.86. The quantitative estimate of drug-likeness (QED) is 0.786. The molecule has 0 bridgehead atoms. The molecular formula is C16H20N2O3. The van der Waals surface area contributed by atoms with Crippen molar-refractivity contribution in [2.75, 3.05) is 11.9 Å². The molecule has 1 aromatic rings. The van der Waals surface area contributed by atoms with Gasteiger partial charge in [-0.3, -0.25) is 14.4 Å². The first-order valence-corrected chi connectivity index (χ1v) is 7.16. The van der Waals surface area contributed by atoms with Crippen molar-refractivity contribution in [3.63, 3.8) is 0 Å². The van der Waals surface area contributed by atoms with Crippen LogP contribution in [0.3, 0.4) is 0 Å². The number of hydrogen-bond donors (Lipinski definition) is 2. The first-order valence-electron chi connectivity index (χ1n) is 7.16. The third kappa shape index (κ3) is 4.41. The van der Waals surface area contributed by atoms with Crippen LogP contribution in [-0.2, 0) is 9.59 Å². The Bertz CT molecular complexity index is 568. The minimum Gasteiger partial charge on any atom is -0.355 e. The van der Waals surface area contributed by atoms with E-state index in [0.717, 1.165) is 6.42 Å². The summed E-state index contributed by atoms with van der Waals surface area (Å²) >= 11 is 0. The number of hydrogen-bond acceptors (Lipinski definition) is 3. The van der Waals surface area contributed by atoms with Gasteiger partial charge < -0.3 is 10.6 Å². The molecule has 2 rings (SSSR count). The minimum absolute atomic E-state index is 0.0360. The molecule has 1 saturated carbocycles. The maximum Gasteiger partial charge on any atom is 0.226 e. The molecule has 5 heteroatoms. The molecule has 2 N–H and O–H groups in total. The van der Waals surface area contributed by atoms with Gasteiger partial charge in [-0.2, -0.15) is 0 Å². The van der Waals surface area contributed by atoms with Crippen molar-refractivity contribution in [3.8, 4) is 0 Å². The number of carbonyl (C=O) groups excluding carboxylic acids is 3. The molecule has 0 radical (unpaired) electrons. The van der Waals surface area contributed by atoms with E-state index in [9.17, 15) is 14.4 Å². The van der Waals surface area contributed by atoms with Crippen LogP contribution >= 0.6 is 0 Å². The molecule has 0 saturated heterocycles. The summed E-state index contributed by atoms with van der Waals surface area (Å²) in [7, 11) is 0. The van der Waals surface area contributed by atoms with E-state index >= 15 is 0 Å². The van der Waals surface area contributed by atoms with Gasteiger partial charge in [0.15, 0.2) is 5.78 Å². The maximum atomic E-state index is 11.8. The Hall–Kier alpha value is -2.17. The Balaban J connectivity index is 1.75. The Kier molecular flexibility index (Phi) is 4.73. The molecule has 1 fully saturated rings. The van der Waals surface area contributed by atoms with Gasteiger partial charge in [-0.15, -0.1) is 0 Å². The Morgan fingerprint density at radius 3 is 2.62 bits per heavy atom. The topological polar surface area (TPSA) is 75.3 Å². The molecule has 0 aliphatic heterocycles. The number of amides is 2. The van der Waals surface area contributed by atoms with Gasteiger partial charge in [0.2, 0.25) is 11.8 Å². The highest BCUT2D eigenvalue weighted by molar-refractivity contribution is 5.97. The average molecular weight is 288 g/mol. The zero-order valence-electron chi connectivity index (χ0n) is 12.3. The number of benzene rings is 1. The Morgan fingerprint density at radius 1 is 1.29 bits per heavy atom. The van der Waals surface area contributed by atoms with Crippen LogP contribution in [0.25, 0.3) is 0 Å². The standard InChI is InChI=1S/C16H20N2O3/c1-10-8-14(10)16(21)17-7-6-15(20)18-13-5-3-4-12(9-13)11(2)19/h3-5,9-10,14H,6-8H2,1-2H3,(H,17,21)(H,18,20). The van der Waals surface area contributed by atoms with Crippen LogP contribution in [0, 0.1) is 11.8 Å². The highest BCUT2D eigenvalue weighted by atomic mass is 16.2. The molecular weight excluding hydrogens is 268 g/mol. The summed E-state index contributed by atoms with van der Waals surface area (Å²) < 4.78 is 0. The normalized spacial score (nSPS) is 19.7. The fraction of sp³-hybridized carbons (Fsp3) is 0.438. The van der Waals surface area contributed by atoms with Gasteiger partial charge in [-0.1, -0.05) is 19.1 Å². The smallest absolute Gasteiger partial charge is 0.226 e. The number of ketones is 1. The zero-order chi connectivity index (χ0) is 15.4. The lowest BCUT2D eigenvalue weighted by Gasteiger charge is -2.07. The third-order valence-electron chi connectivity index (χ3n) is 3.65. The van der Waals surface area contributed by atoms with E-state index < -0.39 is 0 Å². The van der Waals surface area contributed by atoms with E-state index in [-0.39, 0.29) is 29.9 Å². The van der Waals surface area contributed by atoms with E-state index in [4.69, 9.17) is 0 Å². The minimum atomic E-state index is -0.181. The fourth-order valence-corrected chi connectivity index (χ4v) is 2.16. The summed E-state index contributed by atoms with van der Waals surface area (Å²) in [6, 6.07) is 6.80. The average Bonchev–Trinajstić information content (AvgIpc) is 3.16. The zero-order valence-corrected chi connectivity index (χ0v) is 12.3. The monoisotopic (exact) mass is 288 g/mol. The van der Waals surface area contributed by atoms with Crippen LogP contribution < -0.4 is 10.6 Å². The second kappa shape index (κ2) is 6.52. The van der Waals surface area contributed by atoms with Crippen molar-refractivity contribution in [1.82, 2.24) is 5.32 Å². The molecule has 0 heterocycles. The fourth-order valence-electron chi connectivity index (χ4n) is 2.16. The van der Waals surface area contributed by atoms with Crippen LogP contribution in [-0.4, -0.2) is 24.1 Å². The lowest BCUT2D eigenvalue weighted by atomic mass is 10.1. The molecule has 21 heavy (non-hydrogen) atoms. The van der Waals surface area contributed by atoms with Gasteiger partial charge in [0.05, 0.1) is 0 Å². The number of rotatable bonds is 6. The first-order chi connectivity index (χ1) is 9.97. The number of anilines is 1. The van der Waals surface area contributed by atoms with Gasteiger partial charge in [-0.05, 0) is 31.4 Å². The predicted molar refractivity (Wildman–Crippen MR) is 80.0 cm³/mol. The largest absolute Gasteiger partial charge is 0.355 e. The third-order valence-corrected chi connectivity index (χ3v) is 3.65. The van der Waals surface area contributed by atoms with E-state index in [0.29, 0.717) is 23.7 Å². The molecule has 1 aliphatic carbocycles. The Morgan fingerprint density at radius 2 is 2.00 bits per heavy atom. The van der Waals surface area contributed by atoms with Crippen molar-refractivity contribution in [1.29, 1.82) is 0 Å². The van der Waals surface area contributed by atoms with Crippen molar-refractivity contribution < 1.29 is 14.4 Å². The SMILES string of the molecule is CC(=O)c1cccc(NC(=O)CCNC(=O)C2CC2C)c1. The molecule has 1 aliphatic rings.